The van der Waals surface area contributed by atoms with Crippen LogP contribution in [0, 0.1) is 0 Å². The lowest BCUT2D eigenvalue weighted by Gasteiger charge is -2.24. The van der Waals surface area contributed by atoms with E-state index in [4.69, 9.17) is 4.74 Å². The maximum atomic E-state index is 12.8. The van der Waals surface area contributed by atoms with Gasteiger partial charge in [-0.25, -0.2) is 0 Å². The van der Waals surface area contributed by atoms with Crippen LogP contribution in [0.2, 0.25) is 0 Å². The monoisotopic (exact) mass is 481 g/mol. The largest absolute Gasteiger partial charge is 0.489 e. The Hall–Kier alpha value is -3.97. The number of rotatable bonds is 8. The molecule has 1 aliphatic rings. The first-order valence-electron chi connectivity index (χ1n) is 12.3. The van der Waals surface area contributed by atoms with Gasteiger partial charge < -0.3 is 19.5 Å². The van der Waals surface area contributed by atoms with Crippen molar-refractivity contribution in [2.45, 2.75) is 18.9 Å². The zero-order valence-corrected chi connectivity index (χ0v) is 20.7. The van der Waals surface area contributed by atoms with Crippen LogP contribution in [0.3, 0.4) is 0 Å². The van der Waals surface area contributed by atoms with E-state index in [1.54, 1.807) is 18.5 Å². The molecule has 184 valence electrons. The number of carbonyl (C=O) groups is 1. The summed E-state index contributed by atoms with van der Waals surface area (Å²) in [6, 6.07) is 16.2. The fourth-order valence-corrected chi connectivity index (χ4v) is 4.76. The molecule has 1 fully saturated rings. The van der Waals surface area contributed by atoms with E-state index in [0.29, 0.717) is 12.4 Å². The third kappa shape index (κ3) is 5.02. The summed E-state index contributed by atoms with van der Waals surface area (Å²) >= 11 is 0. The number of H-pyrrole nitrogens is 1. The Morgan fingerprint density at radius 1 is 1.17 bits per heavy atom. The lowest BCUT2D eigenvalue weighted by Crippen LogP contribution is -2.38. The number of ether oxygens (including phenoxy) is 1. The highest BCUT2D eigenvalue weighted by Crippen LogP contribution is 2.40. The van der Waals surface area contributed by atoms with E-state index in [1.165, 1.54) is 0 Å². The van der Waals surface area contributed by atoms with Crippen molar-refractivity contribution in [1.29, 1.82) is 0 Å². The third-order valence-corrected chi connectivity index (χ3v) is 6.49. The number of nitrogens with one attached hydrogen (secondary N) is 1. The van der Waals surface area contributed by atoms with Crippen molar-refractivity contribution in [1.82, 2.24) is 24.8 Å². The maximum absolute atomic E-state index is 12.8. The zero-order valence-electron chi connectivity index (χ0n) is 20.7. The molecule has 1 atom stereocenters. The van der Waals surface area contributed by atoms with Gasteiger partial charge in [0.15, 0.2) is 0 Å². The summed E-state index contributed by atoms with van der Waals surface area (Å²) in [5.41, 5.74) is 5.86. The second-order valence-electron chi connectivity index (χ2n) is 9.32. The molecule has 0 unspecified atom stereocenters. The molecule has 1 aliphatic heterocycles. The molecule has 4 heterocycles. The number of amides is 1. The van der Waals surface area contributed by atoms with E-state index in [2.05, 4.69) is 27.1 Å². The Kier molecular flexibility index (Phi) is 7.09. The second-order valence-corrected chi connectivity index (χ2v) is 9.32. The molecule has 5 rings (SSSR count). The van der Waals surface area contributed by atoms with Gasteiger partial charge in [0, 0.05) is 42.7 Å². The average molecular weight is 482 g/mol. The van der Waals surface area contributed by atoms with Crippen LogP contribution in [0.25, 0.3) is 33.4 Å². The first kappa shape index (κ1) is 23.8. The van der Waals surface area contributed by atoms with E-state index in [1.807, 2.05) is 72.6 Å². The molecule has 0 saturated carbocycles. The molecule has 1 N–H and O–H groups in total. The van der Waals surface area contributed by atoms with Crippen molar-refractivity contribution >= 4 is 16.9 Å². The Morgan fingerprint density at radius 2 is 2.03 bits per heavy atom. The molecular weight excluding hydrogens is 450 g/mol. The fourth-order valence-electron chi connectivity index (χ4n) is 4.76. The van der Waals surface area contributed by atoms with E-state index < -0.39 is 0 Å². The Labute approximate surface area is 211 Å². The van der Waals surface area contributed by atoms with Crippen molar-refractivity contribution in [3.05, 3.63) is 79.3 Å². The van der Waals surface area contributed by atoms with Crippen molar-refractivity contribution < 1.29 is 9.53 Å². The molecule has 3 aromatic heterocycles. The summed E-state index contributed by atoms with van der Waals surface area (Å²) < 4.78 is 6.36. The number of hydrogen-bond donors (Lipinski definition) is 1. The Balaban J connectivity index is 1.42. The molecule has 0 radical (unpaired) electrons. The molecule has 7 nitrogen and oxygen atoms in total. The van der Waals surface area contributed by atoms with Crippen molar-refractivity contribution in [2.75, 3.05) is 33.8 Å². The van der Waals surface area contributed by atoms with Gasteiger partial charge in [-0.15, -0.1) is 0 Å². The summed E-state index contributed by atoms with van der Waals surface area (Å²) in [6.07, 6.45) is 10.8. The van der Waals surface area contributed by atoms with Crippen LogP contribution in [-0.2, 0) is 4.79 Å². The zero-order chi connectivity index (χ0) is 24.9. The lowest BCUT2D eigenvalue weighted by atomic mass is 10.0. The number of likely N-dealkylation sites (tertiary alicyclic amines) is 1. The summed E-state index contributed by atoms with van der Waals surface area (Å²) in [7, 11) is 3.97. The van der Waals surface area contributed by atoms with Crippen molar-refractivity contribution in [3.8, 4) is 28.1 Å². The topological polar surface area (TPSA) is 74.3 Å². The third-order valence-electron chi connectivity index (χ3n) is 6.49. The minimum absolute atomic E-state index is 0.0348. The van der Waals surface area contributed by atoms with Gasteiger partial charge in [-0.3, -0.25) is 14.8 Å². The molecule has 4 aromatic rings. The first-order chi connectivity index (χ1) is 17.6. The van der Waals surface area contributed by atoms with Gasteiger partial charge in [0.05, 0.1) is 29.0 Å². The van der Waals surface area contributed by atoms with Gasteiger partial charge in [-0.2, -0.15) is 0 Å². The molecule has 36 heavy (non-hydrogen) atoms. The van der Waals surface area contributed by atoms with Gasteiger partial charge >= 0.3 is 0 Å². The van der Waals surface area contributed by atoms with Crippen LogP contribution in [-0.4, -0.2) is 70.5 Å². The summed E-state index contributed by atoms with van der Waals surface area (Å²) in [5, 5.41) is 0. The van der Waals surface area contributed by atoms with Gasteiger partial charge in [-0.05, 0) is 50.7 Å². The maximum Gasteiger partial charge on any atom is 0.246 e. The molecule has 1 aromatic carbocycles. The van der Waals surface area contributed by atoms with Crippen LogP contribution in [0.5, 0.6) is 5.75 Å². The van der Waals surface area contributed by atoms with Crippen molar-refractivity contribution in [2.24, 2.45) is 0 Å². The minimum atomic E-state index is 0.0348. The number of aromatic amines is 1. The number of pyridine rings is 2. The minimum Gasteiger partial charge on any atom is -0.489 e. The summed E-state index contributed by atoms with van der Waals surface area (Å²) in [4.78, 5) is 29.3. The van der Waals surface area contributed by atoms with Crippen LogP contribution < -0.4 is 4.74 Å². The van der Waals surface area contributed by atoms with Gasteiger partial charge in [0.2, 0.25) is 5.91 Å². The number of likely N-dealkylation sites (N-methyl/N-ethyl adjacent to an activating group) is 1. The van der Waals surface area contributed by atoms with Crippen molar-refractivity contribution in [3.63, 3.8) is 0 Å². The van der Waals surface area contributed by atoms with E-state index in [9.17, 15) is 4.79 Å². The molecular formula is C29H31N5O2. The molecule has 1 amide bonds. The molecule has 1 saturated heterocycles. The summed E-state index contributed by atoms with van der Waals surface area (Å²) in [5.74, 6) is 0.728. The number of fused-ring (bicyclic) bond motifs is 1. The number of hydrogen-bond acceptors (Lipinski definition) is 5. The number of carbonyl (C=O) groups excluding carboxylic acids is 1. The van der Waals surface area contributed by atoms with Crippen LogP contribution >= 0.6 is 0 Å². The lowest BCUT2D eigenvalue weighted by molar-refractivity contribution is -0.127. The SMILES string of the molecule is CN(C)C/C=C\C(=O)N1CCC[C@H]1COc1cnccc1-c1[nH]c2cccnc2c1-c1ccccc1. The Bertz CT molecular complexity index is 1360. The molecule has 0 bridgehead atoms. The number of benzene rings is 1. The average Bonchev–Trinajstić information content (AvgIpc) is 3.53. The summed E-state index contributed by atoms with van der Waals surface area (Å²) in [6.45, 7) is 1.92. The highest BCUT2D eigenvalue weighted by molar-refractivity contribution is 6.02. The first-order valence-corrected chi connectivity index (χ1v) is 12.3. The number of aromatic nitrogens is 3. The van der Waals surface area contributed by atoms with E-state index in [-0.39, 0.29) is 11.9 Å². The van der Waals surface area contributed by atoms with Crippen LogP contribution in [0.4, 0.5) is 0 Å². The predicted molar refractivity (Wildman–Crippen MR) is 143 cm³/mol. The van der Waals surface area contributed by atoms with Crippen LogP contribution in [0.1, 0.15) is 12.8 Å². The normalized spacial score (nSPS) is 15.9. The Morgan fingerprint density at radius 3 is 2.86 bits per heavy atom. The predicted octanol–water partition coefficient (Wildman–Crippen LogP) is 4.78. The standard InChI is InChI=1S/C29H31N5O2/c1-33(2)17-8-13-26(35)34-18-7-11-22(34)20-36-25-19-30-16-14-23(25)28-27(21-9-4-3-5-10-21)29-24(32-28)12-6-15-31-29/h3-6,8-10,12-16,19,22,32H,7,11,17-18,20H2,1-2H3/b13-8-/t22-/m0/s1. The second kappa shape index (κ2) is 10.7. The van der Waals surface area contributed by atoms with E-state index >= 15 is 0 Å². The molecule has 0 spiro atoms. The molecule has 7 heteroatoms. The van der Waals surface area contributed by atoms with E-state index in [0.717, 1.165) is 59.3 Å². The molecule has 0 aliphatic carbocycles. The highest BCUT2D eigenvalue weighted by atomic mass is 16.5. The highest BCUT2D eigenvalue weighted by Gasteiger charge is 2.28. The van der Waals surface area contributed by atoms with Gasteiger partial charge in [-0.1, -0.05) is 36.4 Å². The van der Waals surface area contributed by atoms with Gasteiger partial charge in [0.1, 0.15) is 12.4 Å². The quantitative estimate of drug-likeness (QED) is 0.367. The smallest absolute Gasteiger partial charge is 0.246 e. The number of nitrogens with zero attached hydrogens (tertiary/aromatic N) is 4. The van der Waals surface area contributed by atoms with Gasteiger partial charge in [0.25, 0.3) is 0 Å². The fraction of sp³-hybridized carbons (Fsp3) is 0.276. The van der Waals surface area contributed by atoms with Crippen LogP contribution in [0.15, 0.2) is 79.3 Å².